The second-order valence-electron chi connectivity index (χ2n) is 4.62. The highest BCUT2D eigenvalue weighted by molar-refractivity contribution is 5.94. The summed E-state index contributed by atoms with van der Waals surface area (Å²) in [6.07, 6.45) is -0.183. The number of ether oxygens (including phenoxy) is 1. The van der Waals surface area contributed by atoms with Gasteiger partial charge in [0.15, 0.2) is 6.10 Å². The van der Waals surface area contributed by atoms with Crippen LogP contribution >= 0.6 is 0 Å². The maximum atomic E-state index is 12.2. The highest BCUT2D eigenvalue weighted by atomic mass is 16.6. The molecule has 0 saturated heterocycles. The van der Waals surface area contributed by atoms with E-state index in [1.807, 2.05) is 25.1 Å². The first-order chi connectivity index (χ1) is 10.6. The summed E-state index contributed by atoms with van der Waals surface area (Å²) in [5.41, 5.74) is 0.295. The number of carbonyl (C=O) groups excluding carboxylic acids is 1. The van der Waals surface area contributed by atoms with Crippen LogP contribution < -0.4 is 10.1 Å². The molecule has 2 aromatic carbocycles. The van der Waals surface area contributed by atoms with Crippen LogP contribution in [0.2, 0.25) is 0 Å². The molecule has 0 bridgehead atoms. The minimum absolute atomic E-state index is 0.0742. The van der Waals surface area contributed by atoms with Crippen LogP contribution in [-0.4, -0.2) is 16.9 Å². The van der Waals surface area contributed by atoms with Crippen LogP contribution in [0.3, 0.4) is 0 Å². The van der Waals surface area contributed by atoms with Gasteiger partial charge in [0.25, 0.3) is 11.6 Å². The Morgan fingerprint density at radius 1 is 1.23 bits per heavy atom. The minimum Gasteiger partial charge on any atom is -0.481 e. The molecule has 0 heterocycles. The van der Waals surface area contributed by atoms with Crippen LogP contribution in [-0.2, 0) is 4.79 Å². The van der Waals surface area contributed by atoms with Crippen LogP contribution in [0, 0.1) is 10.1 Å². The van der Waals surface area contributed by atoms with Gasteiger partial charge in [-0.15, -0.1) is 0 Å². The molecule has 0 aliphatic carbocycles. The first-order valence-electron chi connectivity index (χ1n) is 6.87. The smallest absolute Gasteiger partial charge is 0.271 e. The van der Waals surface area contributed by atoms with Crippen LogP contribution in [0.25, 0.3) is 0 Å². The molecule has 0 aromatic heterocycles. The molecule has 0 saturated carbocycles. The number of nitrogens with zero attached hydrogens (tertiary/aromatic N) is 1. The topological polar surface area (TPSA) is 81.5 Å². The van der Waals surface area contributed by atoms with E-state index in [-0.39, 0.29) is 11.6 Å². The van der Waals surface area contributed by atoms with Crippen molar-refractivity contribution < 1.29 is 14.5 Å². The zero-order chi connectivity index (χ0) is 15.9. The fourth-order valence-corrected chi connectivity index (χ4v) is 1.91. The van der Waals surface area contributed by atoms with Gasteiger partial charge in [0.2, 0.25) is 0 Å². The van der Waals surface area contributed by atoms with Gasteiger partial charge in [-0.1, -0.05) is 31.2 Å². The zero-order valence-corrected chi connectivity index (χ0v) is 12.1. The van der Waals surface area contributed by atoms with E-state index >= 15 is 0 Å². The van der Waals surface area contributed by atoms with E-state index in [1.54, 1.807) is 18.2 Å². The van der Waals surface area contributed by atoms with Gasteiger partial charge < -0.3 is 10.1 Å². The third-order valence-corrected chi connectivity index (χ3v) is 3.01. The third-order valence-electron chi connectivity index (χ3n) is 3.01. The fraction of sp³-hybridized carbons (Fsp3) is 0.188. The lowest BCUT2D eigenvalue weighted by atomic mass is 10.2. The van der Waals surface area contributed by atoms with E-state index in [9.17, 15) is 14.9 Å². The molecule has 0 spiro atoms. The van der Waals surface area contributed by atoms with Crippen molar-refractivity contribution in [1.29, 1.82) is 0 Å². The van der Waals surface area contributed by atoms with Crippen molar-refractivity contribution in [2.24, 2.45) is 0 Å². The summed E-state index contributed by atoms with van der Waals surface area (Å²) in [7, 11) is 0. The van der Waals surface area contributed by atoms with Crippen molar-refractivity contribution in [3.05, 3.63) is 64.7 Å². The third kappa shape index (κ3) is 4.05. The van der Waals surface area contributed by atoms with Crippen LogP contribution in [0.4, 0.5) is 11.4 Å². The molecular weight excluding hydrogens is 284 g/mol. The number of para-hydroxylation sites is 1. The summed E-state index contributed by atoms with van der Waals surface area (Å²) in [5.74, 6) is 0.260. The second-order valence-corrected chi connectivity index (χ2v) is 4.62. The van der Waals surface area contributed by atoms with E-state index < -0.39 is 11.0 Å². The lowest BCUT2D eigenvalue weighted by Crippen LogP contribution is -2.32. The zero-order valence-electron chi connectivity index (χ0n) is 12.1. The number of rotatable bonds is 6. The number of hydrogen-bond acceptors (Lipinski definition) is 4. The largest absolute Gasteiger partial charge is 0.481 e. The number of anilines is 1. The Kier molecular flexibility index (Phi) is 5.08. The Morgan fingerprint density at radius 3 is 2.59 bits per heavy atom. The normalized spacial score (nSPS) is 11.5. The molecule has 1 amide bonds. The van der Waals surface area contributed by atoms with Crippen molar-refractivity contribution in [2.45, 2.75) is 19.4 Å². The number of benzene rings is 2. The second kappa shape index (κ2) is 7.21. The van der Waals surface area contributed by atoms with E-state index in [4.69, 9.17) is 4.74 Å². The first-order valence-corrected chi connectivity index (χ1v) is 6.87. The highest BCUT2D eigenvalue weighted by Crippen LogP contribution is 2.18. The molecule has 2 aromatic rings. The van der Waals surface area contributed by atoms with Crippen molar-refractivity contribution >= 4 is 17.3 Å². The molecule has 6 heteroatoms. The predicted octanol–water partition coefficient (Wildman–Crippen LogP) is 3.39. The number of nitro groups is 1. The number of nitrogens with one attached hydrogen (secondary N) is 1. The standard InChI is InChI=1S/C16H16N2O4/c1-2-15(22-14-9-4-3-5-10-14)16(19)17-12-7-6-8-13(11-12)18(20)21/h3-11,15H,2H2,1H3,(H,17,19)/t15-/m0/s1. The van der Waals surface area contributed by atoms with Gasteiger partial charge >= 0.3 is 0 Å². The van der Waals surface area contributed by atoms with Crippen LogP contribution in [0.5, 0.6) is 5.75 Å². The Morgan fingerprint density at radius 2 is 1.95 bits per heavy atom. The molecule has 22 heavy (non-hydrogen) atoms. The number of non-ortho nitro benzene ring substituents is 1. The SMILES string of the molecule is CC[C@H](Oc1ccccc1)C(=O)Nc1cccc([N+](=O)[O-])c1. The van der Waals surface area contributed by atoms with Gasteiger partial charge in [-0.05, 0) is 24.6 Å². The molecule has 1 N–H and O–H groups in total. The Hall–Kier alpha value is -2.89. The first kappa shape index (κ1) is 15.5. The van der Waals surface area contributed by atoms with Gasteiger partial charge in [0.05, 0.1) is 4.92 Å². The quantitative estimate of drug-likeness (QED) is 0.655. The molecule has 2 rings (SSSR count). The summed E-state index contributed by atoms with van der Waals surface area (Å²) in [4.78, 5) is 22.5. The predicted molar refractivity (Wildman–Crippen MR) is 82.9 cm³/mol. The Labute approximate surface area is 127 Å². The van der Waals surface area contributed by atoms with Gasteiger partial charge in [0.1, 0.15) is 5.75 Å². The number of amides is 1. The van der Waals surface area contributed by atoms with Crippen molar-refractivity contribution in [2.75, 3.05) is 5.32 Å². The van der Waals surface area contributed by atoms with Crippen molar-refractivity contribution in [3.8, 4) is 5.75 Å². The summed E-state index contributed by atoms with van der Waals surface area (Å²) in [6.45, 7) is 1.83. The maximum Gasteiger partial charge on any atom is 0.271 e. The summed E-state index contributed by atoms with van der Waals surface area (Å²) >= 11 is 0. The molecule has 0 radical (unpaired) electrons. The van der Waals surface area contributed by atoms with Crippen LogP contribution in [0.1, 0.15) is 13.3 Å². The lowest BCUT2D eigenvalue weighted by Gasteiger charge is -2.17. The van der Waals surface area contributed by atoms with E-state index in [2.05, 4.69) is 5.32 Å². The fourth-order valence-electron chi connectivity index (χ4n) is 1.91. The molecule has 0 fully saturated rings. The Bertz CT molecular complexity index is 658. The number of hydrogen-bond donors (Lipinski definition) is 1. The average molecular weight is 300 g/mol. The van der Waals surface area contributed by atoms with Crippen LogP contribution in [0.15, 0.2) is 54.6 Å². The van der Waals surface area contributed by atoms with Gasteiger partial charge in [0, 0.05) is 17.8 Å². The average Bonchev–Trinajstić information content (AvgIpc) is 2.53. The molecule has 114 valence electrons. The molecular formula is C16H16N2O4. The van der Waals surface area contributed by atoms with E-state index in [0.29, 0.717) is 17.9 Å². The van der Waals surface area contributed by atoms with Crippen molar-refractivity contribution in [3.63, 3.8) is 0 Å². The summed E-state index contributed by atoms with van der Waals surface area (Å²) in [5, 5.41) is 13.4. The lowest BCUT2D eigenvalue weighted by molar-refractivity contribution is -0.384. The molecule has 6 nitrogen and oxygen atoms in total. The molecule has 0 aliphatic rings. The molecule has 0 aliphatic heterocycles. The summed E-state index contributed by atoms with van der Waals surface area (Å²) < 4.78 is 5.63. The maximum absolute atomic E-state index is 12.2. The highest BCUT2D eigenvalue weighted by Gasteiger charge is 2.19. The van der Waals surface area contributed by atoms with Gasteiger partial charge in [-0.2, -0.15) is 0 Å². The summed E-state index contributed by atoms with van der Waals surface area (Å²) in [6, 6.07) is 14.8. The van der Waals surface area contributed by atoms with Gasteiger partial charge in [-0.25, -0.2) is 0 Å². The molecule has 0 unspecified atom stereocenters. The Balaban J connectivity index is 2.06. The van der Waals surface area contributed by atoms with E-state index in [0.717, 1.165) is 0 Å². The van der Waals surface area contributed by atoms with E-state index in [1.165, 1.54) is 18.2 Å². The number of carbonyl (C=O) groups is 1. The number of nitro benzene ring substituents is 1. The minimum atomic E-state index is -0.665. The van der Waals surface area contributed by atoms with Crippen molar-refractivity contribution in [1.82, 2.24) is 0 Å². The van der Waals surface area contributed by atoms with Gasteiger partial charge in [-0.3, -0.25) is 14.9 Å². The monoisotopic (exact) mass is 300 g/mol. The molecule has 1 atom stereocenters.